The Kier molecular flexibility index (Phi) is 5.29. The summed E-state index contributed by atoms with van der Waals surface area (Å²) in [4.78, 5) is 8.82. The van der Waals surface area contributed by atoms with Crippen LogP contribution < -0.4 is 15.4 Å². The highest BCUT2D eigenvalue weighted by Gasteiger charge is 2.19. The molecule has 8 heteroatoms. The van der Waals surface area contributed by atoms with Crippen molar-refractivity contribution in [1.29, 1.82) is 0 Å². The van der Waals surface area contributed by atoms with Crippen molar-refractivity contribution in [2.75, 3.05) is 38.2 Å². The molecule has 2 heterocycles. The van der Waals surface area contributed by atoms with Crippen molar-refractivity contribution in [1.82, 2.24) is 14.7 Å². The monoisotopic (exact) mass is 360 g/mol. The topological polar surface area (TPSA) is 71.9 Å². The summed E-state index contributed by atoms with van der Waals surface area (Å²) in [5.74, 6) is 1.01. The van der Waals surface area contributed by atoms with Crippen LogP contribution in [-0.4, -0.2) is 53.9 Å². The number of halogens is 1. The molecule has 7 nitrogen and oxygen atoms in total. The number of nitrogens with zero attached hydrogens (tertiary/aromatic N) is 5. The number of methoxy groups -OCH3 is 1. The van der Waals surface area contributed by atoms with Crippen molar-refractivity contribution in [2.45, 2.75) is 13.5 Å². The molecule has 1 aromatic carbocycles. The second-order valence-corrected chi connectivity index (χ2v) is 6.32. The lowest BCUT2D eigenvalue weighted by atomic mass is 10.2. The summed E-state index contributed by atoms with van der Waals surface area (Å²) in [5.41, 5.74) is 9.05. The Labute approximate surface area is 152 Å². The fourth-order valence-electron chi connectivity index (χ4n) is 3.22. The molecular weight excluding hydrogens is 335 g/mol. The Bertz CT molecular complexity index is 778. The molecule has 140 valence electrons. The van der Waals surface area contributed by atoms with Gasteiger partial charge in [0.15, 0.2) is 5.96 Å². The minimum absolute atomic E-state index is 0.218. The van der Waals surface area contributed by atoms with E-state index in [-0.39, 0.29) is 5.82 Å². The maximum Gasteiger partial charge on any atom is 0.216 e. The van der Waals surface area contributed by atoms with Crippen molar-refractivity contribution in [3.63, 3.8) is 0 Å². The van der Waals surface area contributed by atoms with E-state index in [1.165, 1.54) is 12.1 Å². The molecule has 1 aliphatic heterocycles. The molecule has 3 rings (SSSR count). The SMILES string of the molecule is COc1c(CN=C(N)N2CCN(c3ccc(F)cc3)CC2)c(C)nn1C. The number of anilines is 1. The zero-order valence-electron chi connectivity index (χ0n) is 15.4. The number of ether oxygens (including phenoxy) is 1. The van der Waals surface area contributed by atoms with Crippen LogP contribution in [0, 0.1) is 12.7 Å². The average molecular weight is 360 g/mol. The van der Waals surface area contributed by atoms with Crippen LogP contribution in [0.3, 0.4) is 0 Å². The van der Waals surface area contributed by atoms with Gasteiger partial charge in [0.2, 0.25) is 5.88 Å². The smallest absolute Gasteiger partial charge is 0.216 e. The van der Waals surface area contributed by atoms with Gasteiger partial charge < -0.3 is 20.3 Å². The quantitative estimate of drug-likeness (QED) is 0.661. The maximum absolute atomic E-state index is 13.1. The summed E-state index contributed by atoms with van der Waals surface area (Å²) in [6, 6.07) is 6.59. The second-order valence-electron chi connectivity index (χ2n) is 6.32. The maximum atomic E-state index is 13.1. The minimum Gasteiger partial charge on any atom is -0.481 e. The molecule has 0 atom stereocenters. The molecule has 1 aliphatic rings. The number of guanidine groups is 1. The Hall–Kier alpha value is -2.77. The van der Waals surface area contributed by atoms with Gasteiger partial charge in [0.05, 0.1) is 24.9 Å². The molecule has 2 N–H and O–H groups in total. The molecule has 0 aliphatic carbocycles. The zero-order valence-corrected chi connectivity index (χ0v) is 15.4. The number of piperazine rings is 1. The Morgan fingerprint density at radius 2 is 1.88 bits per heavy atom. The van der Waals surface area contributed by atoms with Crippen LogP contribution in [-0.2, 0) is 13.6 Å². The van der Waals surface area contributed by atoms with Gasteiger partial charge in [-0.05, 0) is 31.2 Å². The van der Waals surface area contributed by atoms with Crippen LogP contribution >= 0.6 is 0 Å². The Morgan fingerprint density at radius 1 is 1.23 bits per heavy atom. The van der Waals surface area contributed by atoms with Gasteiger partial charge in [0, 0.05) is 38.9 Å². The number of hydrogen-bond acceptors (Lipinski definition) is 4. The van der Waals surface area contributed by atoms with Crippen molar-refractivity contribution < 1.29 is 9.13 Å². The number of aliphatic imine (C=N–C) groups is 1. The normalized spacial score (nSPS) is 15.5. The van der Waals surface area contributed by atoms with Crippen LogP contribution in [0.15, 0.2) is 29.3 Å². The minimum atomic E-state index is -0.218. The van der Waals surface area contributed by atoms with Gasteiger partial charge in [-0.2, -0.15) is 5.10 Å². The van der Waals surface area contributed by atoms with E-state index in [9.17, 15) is 4.39 Å². The van der Waals surface area contributed by atoms with Gasteiger partial charge >= 0.3 is 0 Å². The summed E-state index contributed by atoms with van der Waals surface area (Å²) >= 11 is 0. The van der Waals surface area contributed by atoms with Crippen LogP contribution in [0.5, 0.6) is 5.88 Å². The van der Waals surface area contributed by atoms with E-state index < -0.39 is 0 Å². The highest BCUT2D eigenvalue weighted by Crippen LogP contribution is 2.22. The second kappa shape index (κ2) is 7.63. The average Bonchev–Trinajstić information content (AvgIpc) is 2.93. The third-order valence-electron chi connectivity index (χ3n) is 4.68. The largest absolute Gasteiger partial charge is 0.481 e. The fraction of sp³-hybridized carbons (Fsp3) is 0.444. The molecule has 0 saturated carbocycles. The molecule has 0 spiro atoms. The summed E-state index contributed by atoms with van der Waals surface area (Å²) < 4.78 is 20.2. The van der Waals surface area contributed by atoms with Crippen LogP contribution in [0.25, 0.3) is 0 Å². The fourth-order valence-corrected chi connectivity index (χ4v) is 3.22. The van der Waals surface area contributed by atoms with Crippen molar-refractivity contribution in [3.05, 3.63) is 41.3 Å². The zero-order chi connectivity index (χ0) is 18.7. The molecule has 2 aromatic rings. The van der Waals surface area contributed by atoms with Crippen LogP contribution in [0.1, 0.15) is 11.3 Å². The summed E-state index contributed by atoms with van der Waals surface area (Å²) in [6.07, 6.45) is 0. The van der Waals surface area contributed by atoms with Crippen molar-refractivity contribution >= 4 is 11.6 Å². The molecule has 26 heavy (non-hydrogen) atoms. The first-order valence-electron chi connectivity index (χ1n) is 8.61. The predicted molar refractivity (Wildman–Crippen MR) is 100 cm³/mol. The summed E-state index contributed by atoms with van der Waals surface area (Å²) in [6.45, 7) is 5.55. The Balaban J connectivity index is 1.60. The number of aromatic nitrogens is 2. The number of nitrogens with two attached hydrogens (primary N) is 1. The van der Waals surface area contributed by atoms with Crippen molar-refractivity contribution in [3.8, 4) is 5.88 Å². The third-order valence-corrected chi connectivity index (χ3v) is 4.68. The number of benzene rings is 1. The lowest BCUT2D eigenvalue weighted by molar-refractivity contribution is 0.368. The summed E-state index contributed by atoms with van der Waals surface area (Å²) in [5, 5.41) is 4.36. The van der Waals surface area contributed by atoms with E-state index in [0.29, 0.717) is 18.4 Å². The van der Waals surface area contributed by atoms with E-state index >= 15 is 0 Å². The van der Waals surface area contributed by atoms with E-state index in [1.807, 2.05) is 14.0 Å². The van der Waals surface area contributed by atoms with E-state index in [2.05, 4.69) is 19.9 Å². The molecular formula is C18H25FN6O. The standard InChI is InChI=1S/C18H25FN6O/c1-13-16(17(26-3)23(2)22-13)12-21-18(20)25-10-8-24(9-11-25)15-6-4-14(19)5-7-15/h4-7H,8-12H2,1-3H3,(H2,20,21). The van der Waals surface area contributed by atoms with Crippen molar-refractivity contribution in [2.24, 2.45) is 17.8 Å². The first-order valence-corrected chi connectivity index (χ1v) is 8.61. The lowest BCUT2D eigenvalue weighted by Crippen LogP contribution is -2.51. The van der Waals surface area contributed by atoms with E-state index in [4.69, 9.17) is 10.5 Å². The van der Waals surface area contributed by atoms with E-state index in [1.54, 1.807) is 23.9 Å². The number of rotatable bonds is 4. The molecule has 1 fully saturated rings. The first-order chi connectivity index (χ1) is 12.5. The van der Waals surface area contributed by atoms with Gasteiger partial charge in [-0.15, -0.1) is 0 Å². The van der Waals surface area contributed by atoms with Crippen LogP contribution in [0.4, 0.5) is 10.1 Å². The number of hydrogen-bond donors (Lipinski definition) is 1. The first kappa shape index (κ1) is 18.0. The highest BCUT2D eigenvalue weighted by molar-refractivity contribution is 5.78. The van der Waals surface area contributed by atoms with Gasteiger partial charge in [0.1, 0.15) is 5.82 Å². The molecule has 1 saturated heterocycles. The summed E-state index contributed by atoms with van der Waals surface area (Å²) in [7, 11) is 3.47. The van der Waals surface area contributed by atoms with Gasteiger partial charge in [-0.1, -0.05) is 0 Å². The van der Waals surface area contributed by atoms with E-state index in [0.717, 1.165) is 43.1 Å². The Morgan fingerprint density at radius 3 is 2.50 bits per heavy atom. The molecule has 0 bridgehead atoms. The lowest BCUT2D eigenvalue weighted by Gasteiger charge is -2.36. The van der Waals surface area contributed by atoms with Gasteiger partial charge in [-0.3, -0.25) is 0 Å². The van der Waals surface area contributed by atoms with Gasteiger partial charge in [0.25, 0.3) is 0 Å². The predicted octanol–water partition coefficient (Wildman–Crippen LogP) is 1.51. The number of aryl methyl sites for hydroxylation is 2. The molecule has 1 aromatic heterocycles. The third kappa shape index (κ3) is 3.74. The molecule has 0 radical (unpaired) electrons. The van der Waals surface area contributed by atoms with Gasteiger partial charge in [-0.25, -0.2) is 14.1 Å². The molecule has 0 unspecified atom stereocenters. The highest BCUT2D eigenvalue weighted by atomic mass is 19.1. The van der Waals surface area contributed by atoms with Crippen LogP contribution in [0.2, 0.25) is 0 Å². The molecule has 0 amide bonds.